The molecule has 5 rings (SSSR count). The molecule has 1 amide bonds. The molecule has 7 heteroatoms. The summed E-state index contributed by atoms with van der Waals surface area (Å²) in [5, 5.41) is 15.2. The number of amidine groups is 1. The molecule has 1 unspecified atom stereocenters. The Morgan fingerprint density at radius 3 is 2.47 bits per heavy atom. The van der Waals surface area contributed by atoms with E-state index in [0.717, 1.165) is 21.9 Å². The van der Waals surface area contributed by atoms with Gasteiger partial charge in [-0.05, 0) is 16.8 Å². The summed E-state index contributed by atoms with van der Waals surface area (Å²) in [6, 6.07) is 29.5. The average molecular weight is 446 g/mol. The molecule has 0 saturated heterocycles. The minimum Gasteiger partial charge on any atom is -0.770 e. The SMILES string of the molecule is [N-]=C(O/C(N)=N/C1N=C(c2ccccc2)c2ccccc2NC1=O)c1cccc2ccccc12. The smallest absolute Gasteiger partial charge is 0.288 e. The molecule has 7 nitrogen and oxygen atoms in total. The normalized spacial score (nSPS) is 15.6. The van der Waals surface area contributed by atoms with Gasteiger partial charge in [0.25, 0.3) is 11.9 Å². The van der Waals surface area contributed by atoms with Crippen molar-refractivity contribution in [1.29, 1.82) is 0 Å². The Morgan fingerprint density at radius 2 is 1.62 bits per heavy atom. The number of benzodiazepines with no additional fused rings is 1. The number of anilines is 1. The molecule has 0 aliphatic carbocycles. The summed E-state index contributed by atoms with van der Waals surface area (Å²) in [6.45, 7) is 0. The molecule has 4 aromatic rings. The first kappa shape index (κ1) is 21.1. The number of para-hydroxylation sites is 1. The molecule has 1 aliphatic rings. The Bertz CT molecular complexity index is 1460. The predicted molar refractivity (Wildman–Crippen MR) is 135 cm³/mol. The van der Waals surface area contributed by atoms with E-state index in [1.165, 1.54) is 0 Å². The van der Waals surface area contributed by atoms with Gasteiger partial charge in [0, 0.05) is 22.6 Å². The van der Waals surface area contributed by atoms with Gasteiger partial charge < -0.3 is 21.2 Å². The lowest BCUT2D eigenvalue weighted by Crippen LogP contribution is -2.29. The predicted octanol–water partition coefficient (Wildman–Crippen LogP) is 4.30. The summed E-state index contributed by atoms with van der Waals surface area (Å²) in [5.74, 6) is -0.878. The Labute approximate surface area is 196 Å². The van der Waals surface area contributed by atoms with Crippen molar-refractivity contribution in [2.75, 3.05) is 5.32 Å². The maximum atomic E-state index is 12.9. The van der Waals surface area contributed by atoms with Gasteiger partial charge in [-0.2, -0.15) is 4.99 Å². The van der Waals surface area contributed by atoms with E-state index < -0.39 is 18.0 Å². The van der Waals surface area contributed by atoms with Crippen molar-refractivity contribution < 1.29 is 9.53 Å². The number of benzene rings is 4. The molecule has 0 saturated carbocycles. The van der Waals surface area contributed by atoms with Crippen LogP contribution in [0.4, 0.5) is 5.69 Å². The number of hydrogen-bond acceptors (Lipinski definition) is 4. The Kier molecular flexibility index (Phi) is 5.58. The van der Waals surface area contributed by atoms with E-state index in [2.05, 4.69) is 15.3 Å². The van der Waals surface area contributed by atoms with Crippen LogP contribution in [0.3, 0.4) is 0 Å². The number of ether oxygens (including phenoxy) is 1. The number of hydrogen-bond donors (Lipinski definition) is 2. The number of carbonyl (C=O) groups excluding carboxylic acids is 1. The standard InChI is InChI=1S/C27H20N5O2/c28-24(20-15-8-12-17-9-4-5-13-19(17)20)34-27(29)32-25-26(33)30-22-16-7-6-14-21(22)23(31-25)18-10-2-1-3-11-18/h1-16,25H,(H2,29,32)(H,30,33)/q-1. The first-order valence-corrected chi connectivity index (χ1v) is 10.7. The molecule has 0 aromatic heterocycles. The van der Waals surface area contributed by atoms with Crippen LogP contribution in [0.15, 0.2) is 107 Å². The second-order valence-corrected chi connectivity index (χ2v) is 7.65. The zero-order valence-corrected chi connectivity index (χ0v) is 18.1. The number of nitrogens with zero attached hydrogens (tertiary/aromatic N) is 3. The van der Waals surface area contributed by atoms with Crippen LogP contribution in [-0.2, 0) is 9.53 Å². The van der Waals surface area contributed by atoms with E-state index in [1.807, 2.05) is 78.9 Å². The monoisotopic (exact) mass is 446 g/mol. The van der Waals surface area contributed by atoms with Crippen molar-refractivity contribution in [2.45, 2.75) is 6.17 Å². The molecule has 1 atom stereocenters. The highest BCUT2D eigenvalue weighted by atomic mass is 16.5. The highest BCUT2D eigenvalue weighted by Gasteiger charge is 2.25. The fourth-order valence-electron chi connectivity index (χ4n) is 3.87. The average Bonchev–Trinajstić information content (AvgIpc) is 3.00. The van der Waals surface area contributed by atoms with Crippen molar-refractivity contribution in [3.63, 3.8) is 0 Å². The Balaban J connectivity index is 1.48. The fourth-order valence-corrected chi connectivity index (χ4v) is 3.87. The summed E-state index contributed by atoms with van der Waals surface area (Å²) in [5.41, 5.74) is 9.26. The van der Waals surface area contributed by atoms with E-state index >= 15 is 0 Å². The third-order valence-electron chi connectivity index (χ3n) is 5.44. The molecular formula is C27H20N5O2-. The lowest BCUT2D eigenvalue weighted by molar-refractivity contribution is -0.117. The fraction of sp³-hybridized carbons (Fsp3) is 0.0370. The number of nitrogens with one attached hydrogen (secondary N) is 1. The highest BCUT2D eigenvalue weighted by molar-refractivity contribution is 6.20. The first-order valence-electron chi connectivity index (χ1n) is 10.7. The molecule has 34 heavy (non-hydrogen) atoms. The molecule has 0 bridgehead atoms. The second kappa shape index (κ2) is 8.99. The lowest BCUT2D eigenvalue weighted by Gasteiger charge is -2.17. The van der Waals surface area contributed by atoms with Gasteiger partial charge in [-0.3, -0.25) is 4.79 Å². The summed E-state index contributed by atoms with van der Waals surface area (Å²) >= 11 is 0. The van der Waals surface area contributed by atoms with Gasteiger partial charge in [0.1, 0.15) is 0 Å². The van der Waals surface area contributed by atoms with Crippen LogP contribution in [0.5, 0.6) is 0 Å². The zero-order valence-electron chi connectivity index (χ0n) is 18.1. The molecule has 0 radical (unpaired) electrons. The van der Waals surface area contributed by atoms with Gasteiger partial charge in [0.05, 0.1) is 11.4 Å². The van der Waals surface area contributed by atoms with Crippen LogP contribution in [0.1, 0.15) is 16.7 Å². The molecule has 1 heterocycles. The first-order chi connectivity index (χ1) is 16.6. The third kappa shape index (κ3) is 4.14. The minimum absolute atomic E-state index is 0.382. The largest absolute Gasteiger partial charge is 0.770 e. The number of aliphatic imine (C=N–C) groups is 2. The van der Waals surface area contributed by atoms with Crippen LogP contribution in [-0.4, -0.2) is 29.7 Å². The second-order valence-electron chi connectivity index (χ2n) is 7.65. The van der Waals surface area contributed by atoms with Crippen LogP contribution in [0.25, 0.3) is 16.2 Å². The van der Waals surface area contributed by atoms with Crippen molar-refractivity contribution in [3.05, 3.63) is 119 Å². The highest BCUT2D eigenvalue weighted by Crippen LogP contribution is 2.24. The van der Waals surface area contributed by atoms with Crippen molar-refractivity contribution in [1.82, 2.24) is 0 Å². The topological polar surface area (TPSA) is 111 Å². The molecule has 166 valence electrons. The molecular weight excluding hydrogens is 426 g/mol. The van der Waals surface area contributed by atoms with E-state index in [-0.39, 0.29) is 6.02 Å². The molecule has 1 aliphatic heterocycles. The maximum absolute atomic E-state index is 12.9. The summed E-state index contributed by atoms with van der Waals surface area (Å²) in [6.07, 6.45) is -1.21. The van der Waals surface area contributed by atoms with Gasteiger partial charge in [0.15, 0.2) is 0 Å². The zero-order chi connectivity index (χ0) is 23.5. The van der Waals surface area contributed by atoms with Gasteiger partial charge in [0.2, 0.25) is 6.17 Å². The molecule has 0 fully saturated rings. The molecule has 0 spiro atoms. The molecule has 4 aromatic carbocycles. The van der Waals surface area contributed by atoms with Crippen molar-refractivity contribution in [3.8, 4) is 0 Å². The van der Waals surface area contributed by atoms with Crippen LogP contribution >= 0.6 is 0 Å². The van der Waals surface area contributed by atoms with Gasteiger partial charge in [-0.25, -0.2) is 4.99 Å². The van der Waals surface area contributed by atoms with Crippen molar-refractivity contribution in [2.24, 2.45) is 15.7 Å². The van der Waals surface area contributed by atoms with Crippen LogP contribution in [0, 0.1) is 0 Å². The Hall–Kier alpha value is -4.78. The number of amides is 1. The van der Waals surface area contributed by atoms with E-state index in [0.29, 0.717) is 17.0 Å². The van der Waals surface area contributed by atoms with E-state index in [4.69, 9.17) is 10.5 Å². The summed E-state index contributed by atoms with van der Waals surface area (Å²) in [4.78, 5) is 21.7. The van der Waals surface area contributed by atoms with Gasteiger partial charge >= 0.3 is 0 Å². The lowest BCUT2D eigenvalue weighted by atomic mass is 10.0. The third-order valence-corrected chi connectivity index (χ3v) is 5.44. The van der Waals surface area contributed by atoms with E-state index in [9.17, 15) is 10.2 Å². The summed E-state index contributed by atoms with van der Waals surface area (Å²) in [7, 11) is 0. The number of fused-ring (bicyclic) bond motifs is 2. The minimum atomic E-state index is -1.21. The summed E-state index contributed by atoms with van der Waals surface area (Å²) < 4.78 is 5.41. The van der Waals surface area contributed by atoms with Gasteiger partial charge in [-0.1, -0.05) is 91.0 Å². The maximum Gasteiger partial charge on any atom is 0.288 e. The number of carbonyl (C=O) groups is 1. The Morgan fingerprint density at radius 1 is 0.912 bits per heavy atom. The van der Waals surface area contributed by atoms with Crippen LogP contribution in [0.2, 0.25) is 0 Å². The quantitative estimate of drug-likeness (QED) is 0.361. The van der Waals surface area contributed by atoms with Gasteiger partial charge in [-0.15, -0.1) is 0 Å². The number of rotatable bonds is 3. The molecule has 3 N–H and O–H groups in total. The van der Waals surface area contributed by atoms with Crippen LogP contribution < -0.4 is 11.1 Å². The number of nitrogens with two attached hydrogens (primary N) is 1. The van der Waals surface area contributed by atoms with Crippen molar-refractivity contribution >= 4 is 40.0 Å². The van der Waals surface area contributed by atoms with E-state index in [1.54, 1.807) is 18.2 Å².